The Morgan fingerprint density at radius 3 is 2.41 bits per heavy atom. The van der Waals surface area contributed by atoms with Crippen LogP contribution >= 0.6 is 0 Å². The molecular formula is C18H18F2N2O4S. The van der Waals surface area contributed by atoms with Crippen molar-refractivity contribution >= 4 is 27.7 Å². The summed E-state index contributed by atoms with van der Waals surface area (Å²) in [5.41, 5.74) is 1.47. The number of sulfonamides is 1. The molecule has 0 aliphatic heterocycles. The molecule has 1 amide bonds. The number of ether oxygens (including phenoxy) is 1. The molecule has 144 valence electrons. The average molecular weight is 396 g/mol. The van der Waals surface area contributed by atoms with Crippen LogP contribution in [0, 0.1) is 6.92 Å². The van der Waals surface area contributed by atoms with Gasteiger partial charge < -0.3 is 10.1 Å². The van der Waals surface area contributed by atoms with Crippen molar-refractivity contribution in [1.82, 2.24) is 4.72 Å². The molecule has 2 aromatic carbocycles. The third-order valence-corrected chi connectivity index (χ3v) is 5.10. The highest BCUT2D eigenvalue weighted by molar-refractivity contribution is 7.89. The van der Waals surface area contributed by atoms with E-state index >= 15 is 0 Å². The van der Waals surface area contributed by atoms with E-state index in [2.05, 4.69) is 14.8 Å². The van der Waals surface area contributed by atoms with E-state index in [1.807, 2.05) is 0 Å². The number of benzene rings is 2. The fraction of sp³-hybridized carbons (Fsp3) is 0.167. The van der Waals surface area contributed by atoms with Crippen molar-refractivity contribution in [3.05, 3.63) is 59.7 Å². The summed E-state index contributed by atoms with van der Waals surface area (Å²) in [5.74, 6) is -0.455. The van der Waals surface area contributed by atoms with Crippen LogP contribution in [-0.2, 0) is 14.8 Å². The lowest BCUT2D eigenvalue weighted by Crippen LogP contribution is -2.20. The second-order valence-corrected chi connectivity index (χ2v) is 7.31. The predicted molar refractivity (Wildman–Crippen MR) is 98.2 cm³/mol. The lowest BCUT2D eigenvalue weighted by molar-refractivity contribution is -0.111. The minimum absolute atomic E-state index is 0.0181. The molecule has 0 aliphatic carbocycles. The first-order chi connectivity index (χ1) is 12.7. The van der Waals surface area contributed by atoms with Gasteiger partial charge in [-0.3, -0.25) is 4.79 Å². The van der Waals surface area contributed by atoms with Gasteiger partial charge in [0.2, 0.25) is 15.9 Å². The molecule has 0 aliphatic rings. The van der Waals surface area contributed by atoms with Crippen LogP contribution in [0.3, 0.4) is 0 Å². The number of nitrogens with one attached hydrogen (secondary N) is 2. The highest BCUT2D eigenvalue weighted by Crippen LogP contribution is 2.20. The second-order valence-electron chi connectivity index (χ2n) is 5.46. The third-order valence-electron chi connectivity index (χ3n) is 3.55. The van der Waals surface area contributed by atoms with Gasteiger partial charge in [0.1, 0.15) is 5.75 Å². The van der Waals surface area contributed by atoms with Crippen molar-refractivity contribution in [2.24, 2.45) is 0 Å². The molecule has 2 N–H and O–H groups in total. The number of carbonyl (C=O) groups is 1. The Labute approximate surface area is 155 Å². The Kier molecular flexibility index (Phi) is 6.65. The van der Waals surface area contributed by atoms with Crippen molar-refractivity contribution in [2.45, 2.75) is 18.4 Å². The summed E-state index contributed by atoms with van der Waals surface area (Å²) in [6.45, 7) is -1.25. The van der Waals surface area contributed by atoms with Crippen LogP contribution in [0.5, 0.6) is 5.75 Å². The van der Waals surface area contributed by atoms with Gasteiger partial charge in [-0.15, -0.1) is 0 Å². The third kappa shape index (κ3) is 5.87. The van der Waals surface area contributed by atoms with Gasteiger partial charge in [-0.05, 0) is 55.4 Å². The molecule has 9 heteroatoms. The Morgan fingerprint density at radius 1 is 1.15 bits per heavy atom. The second kappa shape index (κ2) is 8.74. The molecule has 2 aromatic rings. The van der Waals surface area contributed by atoms with Crippen LogP contribution in [-0.4, -0.2) is 28.0 Å². The fourth-order valence-electron chi connectivity index (χ4n) is 2.19. The summed E-state index contributed by atoms with van der Waals surface area (Å²) >= 11 is 0. The summed E-state index contributed by atoms with van der Waals surface area (Å²) in [7, 11) is -2.33. The topological polar surface area (TPSA) is 84.5 Å². The molecule has 6 nitrogen and oxygen atoms in total. The van der Waals surface area contributed by atoms with Gasteiger partial charge in [-0.25, -0.2) is 13.1 Å². The van der Waals surface area contributed by atoms with E-state index in [0.29, 0.717) is 16.8 Å². The van der Waals surface area contributed by atoms with E-state index in [1.165, 1.54) is 49.5 Å². The Morgan fingerprint density at radius 2 is 1.81 bits per heavy atom. The molecule has 27 heavy (non-hydrogen) atoms. The summed E-state index contributed by atoms with van der Waals surface area (Å²) in [6, 6.07) is 10.3. The maximum Gasteiger partial charge on any atom is 0.387 e. The largest absolute Gasteiger partial charge is 0.435 e. The molecule has 0 atom stereocenters. The monoisotopic (exact) mass is 396 g/mol. The SMILES string of the molecule is CNS(=O)(=O)c1cc(NC(=O)/C=C/c2ccc(OC(F)F)cc2)ccc1C. The number of aryl methyl sites for hydroxylation is 1. The Balaban J connectivity index is 2.07. The minimum atomic E-state index is -3.64. The number of hydrogen-bond donors (Lipinski definition) is 2. The van der Waals surface area contributed by atoms with E-state index in [1.54, 1.807) is 19.1 Å². The Hall–Kier alpha value is -2.78. The zero-order chi connectivity index (χ0) is 20.0. The lowest BCUT2D eigenvalue weighted by Gasteiger charge is -2.09. The van der Waals surface area contributed by atoms with Crippen LogP contribution in [0.1, 0.15) is 11.1 Å². The van der Waals surface area contributed by atoms with Crippen molar-refractivity contribution in [2.75, 3.05) is 12.4 Å². The first-order valence-electron chi connectivity index (χ1n) is 7.79. The molecule has 0 unspecified atom stereocenters. The maximum atomic E-state index is 12.1. The number of rotatable bonds is 7. The number of alkyl halides is 2. The van der Waals surface area contributed by atoms with Crippen molar-refractivity contribution < 1.29 is 26.7 Å². The molecular weight excluding hydrogens is 378 g/mol. The smallest absolute Gasteiger partial charge is 0.387 e. The quantitative estimate of drug-likeness (QED) is 0.704. The van der Waals surface area contributed by atoms with Crippen molar-refractivity contribution in [1.29, 1.82) is 0 Å². The number of amides is 1. The predicted octanol–water partition coefficient (Wildman–Crippen LogP) is 3.16. The van der Waals surface area contributed by atoms with Crippen molar-refractivity contribution in [3.8, 4) is 5.75 Å². The van der Waals surface area contributed by atoms with Gasteiger partial charge in [-0.2, -0.15) is 8.78 Å². The van der Waals surface area contributed by atoms with E-state index in [0.717, 1.165) is 0 Å². The first kappa shape index (κ1) is 20.5. The highest BCUT2D eigenvalue weighted by Gasteiger charge is 2.15. The van der Waals surface area contributed by atoms with Gasteiger partial charge in [0.25, 0.3) is 0 Å². The molecule has 0 fully saturated rings. The number of carbonyl (C=O) groups excluding carboxylic acids is 1. The molecule has 0 saturated carbocycles. The zero-order valence-corrected chi connectivity index (χ0v) is 15.4. The molecule has 0 aromatic heterocycles. The van der Waals surface area contributed by atoms with Gasteiger partial charge in [-0.1, -0.05) is 18.2 Å². The molecule has 0 bridgehead atoms. The summed E-state index contributed by atoms with van der Waals surface area (Å²) in [5, 5.41) is 2.57. The molecule has 0 heterocycles. The zero-order valence-electron chi connectivity index (χ0n) is 14.6. The average Bonchev–Trinajstić information content (AvgIpc) is 2.62. The maximum absolute atomic E-state index is 12.1. The van der Waals surface area contributed by atoms with Gasteiger partial charge in [0, 0.05) is 11.8 Å². The molecule has 0 spiro atoms. The first-order valence-corrected chi connectivity index (χ1v) is 9.28. The van der Waals surface area contributed by atoms with Crippen LogP contribution < -0.4 is 14.8 Å². The number of anilines is 1. The molecule has 2 rings (SSSR count). The van der Waals surface area contributed by atoms with E-state index in [4.69, 9.17) is 0 Å². The van der Waals surface area contributed by atoms with Gasteiger partial charge in [0.15, 0.2) is 0 Å². The van der Waals surface area contributed by atoms with E-state index in [9.17, 15) is 22.0 Å². The molecule has 0 saturated heterocycles. The molecule has 0 radical (unpaired) electrons. The lowest BCUT2D eigenvalue weighted by atomic mass is 10.2. The van der Waals surface area contributed by atoms with Crippen LogP contribution in [0.2, 0.25) is 0 Å². The summed E-state index contributed by atoms with van der Waals surface area (Å²) < 4.78 is 54.6. The standard InChI is InChI=1S/C18H18F2N2O4S/c1-12-3-7-14(11-16(12)27(24,25)21-2)22-17(23)10-6-13-4-8-15(9-5-13)26-18(19)20/h3-11,18,21H,1-2H3,(H,22,23)/b10-6+. The number of hydrogen-bond acceptors (Lipinski definition) is 4. The fourth-order valence-corrected chi connectivity index (χ4v) is 3.19. The number of halogens is 2. The van der Waals surface area contributed by atoms with Crippen LogP contribution in [0.4, 0.5) is 14.5 Å². The van der Waals surface area contributed by atoms with Crippen LogP contribution in [0.15, 0.2) is 53.4 Å². The summed E-state index contributed by atoms with van der Waals surface area (Å²) in [6.07, 6.45) is 2.73. The van der Waals surface area contributed by atoms with Gasteiger partial charge in [0.05, 0.1) is 4.90 Å². The van der Waals surface area contributed by atoms with Crippen LogP contribution in [0.25, 0.3) is 6.08 Å². The summed E-state index contributed by atoms with van der Waals surface area (Å²) in [4.78, 5) is 12.1. The minimum Gasteiger partial charge on any atom is -0.435 e. The normalized spacial score (nSPS) is 11.7. The Bertz CT molecular complexity index is 942. The van der Waals surface area contributed by atoms with Crippen molar-refractivity contribution in [3.63, 3.8) is 0 Å². The highest BCUT2D eigenvalue weighted by atomic mass is 32.2. The van der Waals surface area contributed by atoms with E-state index in [-0.39, 0.29) is 10.6 Å². The van der Waals surface area contributed by atoms with E-state index < -0.39 is 22.5 Å². The van der Waals surface area contributed by atoms with Gasteiger partial charge >= 0.3 is 6.61 Å².